The second kappa shape index (κ2) is 6.83. The normalized spacial score (nSPS) is 16.5. The number of rotatable bonds is 6. The Bertz CT molecular complexity index is 461. The highest BCUT2D eigenvalue weighted by atomic mass is 16.5. The molecule has 0 heterocycles. The molecule has 116 valence electrons. The summed E-state index contributed by atoms with van der Waals surface area (Å²) in [4.78, 5) is 11.2. The molecule has 0 bridgehead atoms. The van der Waals surface area contributed by atoms with Gasteiger partial charge in [0.25, 0.3) is 5.91 Å². The summed E-state index contributed by atoms with van der Waals surface area (Å²) in [7, 11) is 0. The lowest BCUT2D eigenvalue weighted by atomic mass is 9.90. The van der Waals surface area contributed by atoms with Crippen molar-refractivity contribution < 1.29 is 14.3 Å². The number of carbonyl (C=O) groups excluding carboxylic acids is 1. The lowest BCUT2D eigenvalue weighted by Gasteiger charge is -2.23. The molecule has 2 rings (SSSR count). The minimum absolute atomic E-state index is 0.486. The smallest absolute Gasteiger partial charge is 0.261 e. The second-order valence-corrected chi connectivity index (χ2v) is 6.26. The number of carbonyl (C=O) groups is 1. The molecule has 0 radical (unpaired) electrons. The monoisotopic (exact) mass is 291 g/mol. The van der Waals surface area contributed by atoms with Gasteiger partial charge in [0.15, 0.2) is 5.60 Å². The first-order chi connectivity index (χ1) is 9.97. The standard InChI is InChI=1S/C17H25NO3/c1-17(2,16(18)19)21-15-10-8-14(9-11-15)20-12-13-6-4-3-5-7-13/h8-11,13H,3-7,12H2,1-2H3,(H2,18,19). The molecule has 0 aliphatic heterocycles. The number of nitrogens with two attached hydrogens (primary N) is 1. The molecule has 0 atom stereocenters. The zero-order chi connectivity index (χ0) is 15.3. The maximum atomic E-state index is 11.2. The molecule has 21 heavy (non-hydrogen) atoms. The molecular weight excluding hydrogens is 266 g/mol. The van der Waals surface area contributed by atoms with Crippen molar-refractivity contribution in [2.45, 2.75) is 51.6 Å². The number of amides is 1. The summed E-state index contributed by atoms with van der Waals surface area (Å²) in [5, 5.41) is 0. The van der Waals surface area contributed by atoms with Gasteiger partial charge in [-0.25, -0.2) is 0 Å². The summed E-state index contributed by atoms with van der Waals surface area (Å²) < 4.78 is 11.4. The van der Waals surface area contributed by atoms with Crippen molar-refractivity contribution in [1.29, 1.82) is 0 Å². The van der Waals surface area contributed by atoms with Crippen LogP contribution in [0.5, 0.6) is 11.5 Å². The molecule has 1 aromatic rings. The maximum absolute atomic E-state index is 11.2. The molecule has 1 saturated carbocycles. The average molecular weight is 291 g/mol. The number of primary amides is 1. The Morgan fingerprint density at radius 3 is 2.29 bits per heavy atom. The Morgan fingerprint density at radius 2 is 1.71 bits per heavy atom. The maximum Gasteiger partial charge on any atom is 0.261 e. The lowest BCUT2D eigenvalue weighted by molar-refractivity contribution is -0.130. The molecule has 1 aromatic carbocycles. The van der Waals surface area contributed by atoms with Crippen LogP contribution in [-0.4, -0.2) is 18.1 Å². The fourth-order valence-corrected chi connectivity index (χ4v) is 2.52. The van der Waals surface area contributed by atoms with Crippen LogP contribution in [0.4, 0.5) is 0 Å². The van der Waals surface area contributed by atoms with E-state index in [1.54, 1.807) is 26.0 Å². The summed E-state index contributed by atoms with van der Waals surface area (Å²) in [5.41, 5.74) is 4.28. The van der Waals surface area contributed by atoms with Gasteiger partial charge in [-0.3, -0.25) is 4.79 Å². The van der Waals surface area contributed by atoms with Crippen molar-refractivity contribution in [1.82, 2.24) is 0 Å². The van der Waals surface area contributed by atoms with E-state index < -0.39 is 11.5 Å². The van der Waals surface area contributed by atoms with Gasteiger partial charge < -0.3 is 15.2 Å². The van der Waals surface area contributed by atoms with Gasteiger partial charge in [-0.15, -0.1) is 0 Å². The van der Waals surface area contributed by atoms with Gasteiger partial charge in [0, 0.05) is 0 Å². The largest absolute Gasteiger partial charge is 0.493 e. The molecule has 1 aliphatic rings. The quantitative estimate of drug-likeness (QED) is 0.874. The van der Waals surface area contributed by atoms with Crippen molar-refractivity contribution in [3.05, 3.63) is 24.3 Å². The molecule has 0 spiro atoms. The summed E-state index contributed by atoms with van der Waals surface area (Å²) in [6.07, 6.45) is 6.55. The van der Waals surface area contributed by atoms with Gasteiger partial charge in [0.05, 0.1) is 6.61 Å². The van der Waals surface area contributed by atoms with Crippen molar-refractivity contribution >= 4 is 5.91 Å². The van der Waals surface area contributed by atoms with E-state index in [2.05, 4.69) is 0 Å². The molecule has 0 unspecified atom stereocenters. The van der Waals surface area contributed by atoms with Gasteiger partial charge in [0.1, 0.15) is 11.5 Å². The van der Waals surface area contributed by atoms with Gasteiger partial charge in [-0.1, -0.05) is 19.3 Å². The van der Waals surface area contributed by atoms with Crippen LogP contribution in [0.1, 0.15) is 46.0 Å². The number of benzene rings is 1. The number of hydrogen-bond acceptors (Lipinski definition) is 3. The predicted octanol–water partition coefficient (Wildman–Crippen LogP) is 3.29. The molecule has 1 fully saturated rings. The third-order valence-electron chi connectivity index (χ3n) is 4.00. The average Bonchev–Trinajstić information content (AvgIpc) is 2.47. The van der Waals surface area contributed by atoms with Gasteiger partial charge in [-0.05, 0) is 56.9 Å². The van der Waals surface area contributed by atoms with Gasteiger partial charge in [-0.2, -0.15) is 0 Å². The highest BCUT2D eigenvalue weighted by molar-refractivity contribution is 5.82. The van der Waals surface area contributed by atoms with E-state index in [1.165, 1.54) is 32.1 Å². The summed E-state index contributed by atoms with van der Waals surface area (Å²) >= 11 is 0. The Hall–Kier alpha value is -1.71. The molecule has 0 aromatic heterocycles. The third-order valence-corrected chi connectivity index (χ3v) is 4.00. The van der Waals surface area contributed by atoms with Crippen LogP contribution in [-0.2, 0) is 4.79 Å². The van der Waals surface area contributed by atoms with Crippen LogP contribution in [0.25, 0.3) is 0 Å². The summed E-state index contributed by atoms with van der Waals surface area (Å²) in [5.74, 6) is 1.65. The van der Waals surface area contributed by atoms with Crippen molar-refractivity contribution in [2.24, 2.45) is 11.7 Å². The molecule has 2 N–H and O–H groups in total. The first-order valence-electron chi connectivity index (χ1n) is 7.69. The van der Waals surface area contributed by atoms with Crippen LogP contribution >= 0.6 is 0 Å². The van der Waals surface area contributed by atoms with E-state index in [4.69, 9.17) is 15.2 Å². The van der Waals surface area contributed by atoms with E-state index >= 15 is 0 Å². The van der Waals surface area contributed by atoms with Crippen molar-refractivity contribution in [3.63, 3.8) is 0 Å². The third kappa shape index (κ3) is 4.66. The topological polar surface area (TPSA) is 61.6 Å². The first-order valence-corrected chi connectivity index (χ1v) is 7.69. The van der Waals surface area contributed by atoms with E-state index in [0.29, 0.717) is 11.7 Å². The predicted molar refractivity (Wildman–Crippen MR) is 82.4 cm³/mol. The number of ether oxygens (including phenoxy) is 2. The Kier molecular flexibility index (Phi) is 5.10. The van der Waals surface area contributed by atoms with Crippen molar-refractivity contribution in [3.8, 4) is 11.5 Å². The Balaban J connectivity index is 1.85. The molecule has 1 aliphatic carbocycles. The van der Waals surface area contributed by atoms with Gasteiger partial charge in [0.2, 0.25) is 0 Å². The highest BCUT2D eigenvalue weighted by Crippen LogP contribution is 2.26. The van der Waals surface area contributed by atoms with E-state index in [9.17, 15) is 4.79 Å². The lowest BCUT2D eigenvalue weighted by Crippen LogP contribution is -2.43. The minimum atomic E-state index is -1.01. The fourth-order valence-electron chi connectivity index (χ4n) is 2.52. The van der Waals surface area contributed by atoms with Crippen LogP contribution in [0.15, 0.2) is 24.3 Å². The van der Waals surface area contributed by atoms with E-state index in [-0.39, 0.29) is 0 Å². The number of hydrogen-bond donors (Lipinski definition) is 1. The summed E-state index contributed by atoms with van der Waals surface area (Å²) in [6.45, 7) is 4.10. The van der Waals surface area contributed by atoms with Crippen LogP contribution in [0.2, 0.25) is 0 Å². The first kappa shape index (κ1) is 15.7. The SMILES string of the molecule is CC(C)(Oc1ccc(OCC2CCCCC2)cc1)C(N)=O. The summed E-state index contributed by atoms with van der Waals surface area (Å²) in [6, 6.07) is 7.35. The molecule has 4 nitrogen and oxygen atoms in total. The van der Waals surface area contributed by atoms with Crippen LogP contribution in [0, 0.1) is 5.92 Å². The molecule has 4 heteroatoms. The zero-order valence-electron chi connectivity index (χ0n) is 12.9. The van der Waals surface area contributed by atoms with Gasteiger partial charge >= 0.3 is 0 Å². The Labute approximate surface area is 126 Å². The molecular formula is C17H25NO3. The Morgan fingerprint density at radius 1 is 1.14 bits per heavy atom. The van der Waals surface area contributed by atoms with E-state index in [1.807, 2.05) is 12.1 Å². The zero-order valence-corrected chi connectivity index (χ0v) is 12.9. The second-order valence-electron chi connectivity index (χ2n) is 6.26. The molecule has 1 amide bonds. The fraction of sp³-hybridized carbons (Fsp3) is 0.588. The minimum Gasteiger partial charge on any atom is -0.493 e. The van der Waals surface area contributed by atoms with E-state index in [0.717, 1.165) is 12.4 Å². The molecule has 0 saturated heterocycles. The van der Waals surface area contributed by atoms with Crippen LogP contribution in [0.3, 0.4) is 0 Å². The highest BCUT2D eigenvalue weighted by Gasteiger charge is 2.27. The van der Waals surface area contributed by atoms with Crippen LogP contribution < -0.4 is 15.2 Å². The van der Waals surface area contributed by atoms with Crippen molar-refractivity contribution in [2.75, 3.05) is 6.61 Å².